The Balaban J connectivity index is 1.35. The van der Waals surface area contributed by atoms with Crippen LogP contribution in [0, 0.1) is 18.8 Å². The van der Waals surface area contributed by atoms with Crippen molar-refractivity contribution < 1.29 is 37.6 Å². The minimum atomic E-state index is -4.04. The van der Waals surface area contributed by atoms with Gasteiger partial charge in [0.2, 0.25) is 10.0 Å². The lowest BCUT2D eigenvalue weighted by Crippen LogP contribution is -2.47. The van der Waals surface area contributed by atoms with E-state index in [0.717, 1.165) is 30.6 Å². The van der Waals surface area contributed by atoms with Gasteiger partial charge in [0.15, 0.2) is 0 Å². The monoisotopic (exact) mass is 587 g/mol. The number of ether oxygens (including phenoxy) is 3. The molecule has 9 nitrogen and oxygen atoms in total. The number of aliphatic hydroxyl groups excluding tert-OH is 2. The van der Waals surface area contributed by atoms with Crippen molar-refractivity contribution in [2.24, 2.45) is 11.8 Å². The fourth-order valence-electron chi connectivity index (χ4n) is 6.36. The van der Waals surface area contributed by atoms with Crippen molar-refractivity contribution in [1.29, 1.82) is 0 Å². The van der Waals surface area contributed by atoms with E-state index in [1.807, 2.05) is 37.3 Å². The zero-order valence-electron chi connectivity index (χ0n) is 23.6. The lowest BCUT2D eigenvalue weighted by atomic mass is 9.90. The van der Waals surface area contributed by atoms with E-state index in [4.69, 9.17) is 14.2 Å². The summed E-state index contributed by atoms with van der Waals surface area (Å²) in [5.74, 6) is -0.521. The van der Waals surface area contributed by atoms with Crippen molar-refractivity contribution in [2.75, 3.05) is 26.4 Å². The van der Waals surface area contributed by atoms with E-state index < -0.39 is 28.1 Å². The van der Waals surface area contributed by atoms with Crippen LogP contribution in [0.1, 0.15) is 48.8 Å². The van der Waals surface area contributed by atoms with Crippen LogP contribution in [0.5, 0.6) is 0 Å². The van der Waals surface area contributed by atoms with Crippen LogP contribution in [-0.4, -0.2) is 79.6 Å². The quantitative estimate of drug-likeness (QED) is 0.364. The van der Waals surface area contributed by atoms with E-state index in [1.54, 1.807) is 6.07 Å². The summed E-state index contributed by atoms with van der Waals surface area (Å²) in [6, 6.07) is 13.8. The van der Waals surface area contributed by atoms with Crippen LogP contribution in [0.3, 0.4) is 0 Å². The molecule has 6 atom stereocenters. The predicted octanol–water partition coefficient (Wildman–Crippen LogP) is 2.99. The van der Waals surface area contributed by atoms with Crippen LogP contribution in [0.15, 0.2) is 53.4 Å². The minimum Gasteiger partial charge on any atom is -0.462 e. The van der Waals surface area contributed by atoms with Gasteiger partial charge in [-0.15, -0.1) is 0 Å². The normalized spacial score (nSPS) is 25.8. The van der Waals surface area contributed by atoms with Crippen molar-refractivity contribution in [1.82, 2.24) is 4.31 Å². The van der Waals surface area contributed by atoms with Crippen LogP contribution in [0.25, 0.3) is 0 Å². The summed E-state index contributed by atoms with van der Waals surface area (Å²) < 4.78 is 46.3. The largest absolute Gasteiger partial charge is 0.462 e. The Morgan fingerprint density at radius 1 is 1.12 bits per heavy atom. The molecule has 2 aliphatic heterocycles. The highest BCUT2D eigenvalue weighted by Crippen LogP contribution is 2.37. The van der Waals surface area contributed by atoms with E-state index in [0.29, 0.717) is 37.4 Å². The fourth-order valence-corrected chi connectivity index (χ4v) is 8.07. The van der Waals surface area contributed by atoms with E-state index >= 15 is 0 Å². The number of carbonyl (C=O) groups excluding carboxylic acids is 1. The molecule has 0 amide bonds. The number of rotatable bonds is 12. The molecule has 41 heavy (non-hydrogen) atoms. The third-order valence-electron chi connectivity index (χ3n) is 8.80. The SMILES string of the molecule is Cc1ccc(S(=O)(=O)N(C[C@@H](O)[C@@H](CC(=O)OC2CC3CCO[C@@H]3C2)Cc2ccccc2)C2CCOC2)cc1CO. The van der Waals surface area contributed by atoms with E-state index in [1.165, 1.54) is 16.4 Å². The van der Waals surface area contributed by atoms with E-state index in [-0.39, 0.29) is 49.3 Å². The number of hydrogen-bond donors (Lipinski definition) is 2. The molecule has 2 heterocycles. The average molecular weight is 588 g/mol. The first kappa shape index (κ1) is 30.1. The Labute approximate surface area is 242 Å². The third kappa shape index (κ3) is 7.18. The summed E-state index contributed by atoms with van der Waals surface area (Å²) in [5, 5.41) is 21.3. The van der Waals surface area contributed by atoms with Gasteiger partial charge in [-0.1, -0.05) is 36.4 Å². The number of sulfonamides is 1. The molecule has 2 N–H and O–H groups in total. The number of nitrogens with zero attached hydrogens (tertiary/aromatic N) is 1. The Morgan fingerprint density at radius 2 is 1.93 bits per heavy atom. The molecule has 1 aliphatic carbocycles. The number of esters is 1. The van der Waals surface area contributed by atoms with Crippen LogP contribution in [0.4, 0.5) is 0 Å². The van der Waals surface area contributed by atoms with Gasteiger partial charge in [0.05, 0.1) is 42.8 Å². The Hall–Kier alpha value is -2.34. The topological polar surface area (TPSA) is 123 Å². The molecule has 3 unspecified atom stereocenters. The molecule has 10 heteroatoms. The molecule has 1 saturated carbocycles. The second-order valence-corrected chi connectivity index (χ2v) is 13.5. The maximum absolute atomic E-state index is 13.9. The molecule has 0 spiro atoms. The number of benzene rings is 2. The number of fused-ring (bicyclic) bond motifs is 1. The summed E-state index contributed by atoms with van der Waals surface area (Å²) in [4.78, 5) is 13.2. The molecule has 2 saturated heterocycles. The van der Waals surface area contributed by atoms with Gasteiger partial charge in [-0.3, -0.25) is 4.79 Å². The second-order valence-electron chi connectivity index (χ2n) is 11.6. The van der Waals surface area contributed by atoms with Crippen molar-refractivity contribution in [3.8, 4) is 0 Å². The van der Waals surface area contributed by atoms with Gasteiger partial charge in [-0.05, 0) is 67.3 Å². The van der Waals surface area contributed by atoms with Gasteiger partial charge in [0.25, 0.3) is 0 Å². The predicted molar refractivity (Wildman–Crippen MR) is 151 cm³/mol. The average Bonchev–Trinajstić information content (AvgIpc) is 3.71. The molecule has 224 valence electrons. The summed E-state index contributed by atoms with van der Waals surface area (Å²) >= 11 is 0. The molecule has 0 radical (unpaired) electrons. The van der Waals surface area contributed by atoms with Gasteiger partial charge in [-0.2, -0.15) is 4.31 Å². The fraction of sp³-hybridized carbons (Fsp3) is 0.581. The smallest absolute Gasteiger partial charge is 0.306 e. The van der Waals surface area contributed by atoms with Crippen molar-refractivity contribution in [3.05, 3.63) is 65.2 Å². The van der Waals surface area contributed by atoms with Crippen molar-refractivity contribution in [3.63, 3.8) is 0 Å². The molecule has 5 rings (SSSR count). The number of aliphatic hydroxyl groups is 2. The van der Waals surface area contributed by atoms with Crippen molar-refractivity contribution in [2.45, 2.75) is 81.3 Å². The van der Waals surface area contributed by atoms with Gasteiger partial charge in [0.1, 0.15) is 6.10 Å². The highest BCUT2D eigenvalue weighted by Gasteiger charge is 2.41. The summed E-state index contributed by atoms with van der Waals surface area (Å²) in [6.45, 7) is 2.76. The lowest BCUT2D eigenvalue weighted by molar-refractivity contribution is -0.151. The summed E-state index contributed by atoms with van der Waals surface area (Å²) in [5.41, 5.74) is 2.26. The number of carbonyl (C=O) groups is 1. The zero-order chi connectivity index (χ0) is 29.0. The van der Waals surface area contributed by atoms with E-state index in [2.05, 4.69) is 0 Å². The van der Waals surface area contributed by atoms with Gasteiger partial charge in [0, 0.05) is 32.1 Å². The molecular formula is C31H41NO8S. The van der Waals surface area contributed by atoms with Gasteiger partial charge < -0.3 is 24.4 Å². The number of aryl methyl sites for hydroxylation is 1. The molecule has 0 bridgehead atoms. The highest BCUT2D eigenvalue weighted by molar-refractivity contribution is 7.89. The van der Waals surface area contributed by atoms with Gasteiger partial charge in [-0.25, -0.2) is 8.42 Å². The minimum absolute atomic E-state index is 0.0308. The lowest BCUT2D eigenvalue weighted by Gasteiger charge is -2.32. The maximum Gasteiger partial charge on any atom is 0.306 e. The Bertz CT molecular complexity index is 1270. The highest BCUT2D eigenvalue weighted by atomic mass is 32.2. The van der Waals surface area contributed by atoms with Crippen LogP contribution >= 0.6 is 0 Å². The molecule has 3 fully saturated rings. The first-order valence-corrected chi connectivity index (χ1v) is 16.0. The summed E-state index contributed by atoms with van der Waals surface area (Å²) in [6.07, 6.45) is 2.17. The first-order valence-electron chi connectivity index (χ1n) is 14.6. The van der Waals surface area contributed by atoms with Crippen molar-refractivity contribution >= 4 is 16.0 Å². The molecular weight excluding hydrogens is 546 g/mol. The standard InChI is InChI=1S/C31H41NO8S/c1-21-7-8-28(15-25(21)19-33)41(36,37)32(26-10-11-38-20-26)18-29(34)24(13-22-5-3-2-4-6-22)16-31(35)40-27-14-23-9-12-39-30(23)17-27/h2-8,15,23-24,26-27,29-30,33-34H,9-14,16-20H2,1H3/t23?,24-,26?,27?,29-,30-/m1/s1. The Kier molecular flexibility index (Phi) is 9.78. The molecule has 2 aromatic carbocycles. The number of hydrogen-bond acceptors (Lipinski definition) is 8. The summed E-state index contributed by atoms with van der Waals surface area (Å²) in [7, 11) is -4.04. The molecule has 2 aromatic rings. The second kappa shape index (κ2) is 13.3. The first-order chi connectivity index (χ1) is 19.7. The molecule has 0 aromatic heterocycles. The maximum atomic E-state index is 13.9. The van der Waals surface area contributed by atoms with Gasteiger partial charge >= 0.3 is 5.97 Å². The van der Waals surface area contributed by atoms with Crippen LogP contribution in [0.2, 0.25) is 0 Å². The third-order valence-corrected chi connectivity index (χ3v) is 10.7. The van der Waals surface area contributed by atoms with Crippen LogP contribution in [-0.2, 0) is 42.1 Å². The molecule has 3 aliphatic rings. The Morgan fingerprint density at radius 3 is 2.63 bits per heavy atom. The van der Waals surface area contributed by atoms with E-state index in [9.17, 15) is 23.4 Å². The van der Waals surface area contributed by atoms with Crippen LogP contribution < -0.4 is 0 Å². The zero-order valence-corrected chi connectivity index (χ0v) is 24.4.